The molecule has 0 unspecified atom stereocenters. The van der Waals surface area contributed by atoms with Gasteiger partial charge in [-0.2, -0.15) is 0 Å². The summed E-state index contributed by atoms with van der Waals surface area (Å²) >= 11 is 0. The monoisotopic (exact) mass is 273 g/mol. The molecule has 1 amide bonds. The molecule has 0 fully saturated rings. The van der Waals surface area contributed by atoms with E-state index in [1.54, 1.807) is 17.1 Å². The van der Waals surface area contributed by atoms with Crippen LogP contribution in [-0.4, -0.2) is 30.7 Å². The molecule has 0 aliphatic rings. The van der Waals surface area contributed by atoms with E-state index in [0.29, 0.717) is 0 Å². The molecule has 0 saturated carbocycles. The zero-order chi connectivity index (χ0) is 14.3. The van der Waals surface area contributed by atoms with Gasteiger partial charge in [0, 0.05) is 24.0 Å². The van der Waals surface area contributed by atoms with Gasteiger partial charge in [0.25, 0.3) is 0 Å². The maximum atomic E-state index is 11.8. The summed E-state index contributed by atoms with van der Waals surface area (Å²) in [6.45, 7) is 5.46. The van der Waals surface area contributed by atoms with E-state index in [4.69, 9.17) is 4.74 Å². The van der Waals surface area contributed by atoms with E-state index < -0.39 is 11.7 Å². The fourth-order valence-corrected chi connectivity index (χ4v) is 1.99. The van der Waals surface area contributed by atoms with Crippen molar-refractivity contribution in [1.29, 1.82) is 0 Å². The van der Waals surface area contributed by atoms with Crippen LogP contribution in [0.3, 0.4) is 0 Å². The van der Waals surface area contributed by atoms with Crippen molar-refractivity contribution in [3.8, 4) is 0 Å². The average molecular weight is 273 g/mol. The number of carbonyl (C=O) groups excluding carboxylic acids is 1. The van der Waals surface area contributed by atoms with Gasteiger partial charge in [-0.05, 0) is 26.8 Å². The third-order valence-corrected chi connectivity index (χ3v) is 2.70. The molecule has 0 atom stereocenters. The quantitative estimate of drug-likeness (QED) is 0.737. The number of aromatic nitrogens is 4. The molecular weight excluding hydrogens is 258 g/mol. The van der Waals surface area contributed by atoms with E-state index >= 15 is 0 Å². The molecule has 0 radical (unpaired) electrons. The van der Waals surface area contributed by atoms with Gasteiger partial charge in [0.2, 0.25) is 0 Å². The third kappa shape index (κ3) is 2.18. The lowest BCUT2D eigenvalue weighted by Gasteiger charge is -2.19. The molecule has 3 heterocycles. The van der Waals surface area contributed by atoms with E-state index in [1.807, 2.05) is 37.4 Å². The Morgan fingerprint density at radius 3 is 2.90 bits per heavy atom. The Labute approximate surface area is 115 Å². The van der Waals surface area contributed by atoms with Crippen LogP contribution >= 0.6 is 0 Å². The molecule has 7 nitrogen and oxygen atoms in total. The van der Waals surface area contributed by atoms with Gasteiger partial charge < -0.3 is 4.74 Å². The van der Waals surface area contributed by atoms with Crippen LogP contribution in [0.25, 0.3) is 16.7 Å². The fraction of sp³-hybridized carbons (Fsp3) is 0.308. The maximum absolute atomic E-state index is 11.8. The molecule has 0 aliphatic carbocycles. The minimum atomic E-state index is -0.536. The Kier molecular flexibility index (Phi) is 2.63. The average Bonchev–Trinajstić information content (AvgIpc) is 2.87. The normalized spacial score (nSPS) is 11.9. The van der Waals surface area contributed by atoms with E-state index in [0.717, 1.165) is 16.7 Å². The zero-order valence-corrected chi connectivity index (χ0v) is 11.5. The van der Waals surface area contributed by atoms with Crippen molar-refractivity contribution < 1.29 is 9.53 Å². The van der Waals surface area contributed by atoms with Crippen molar-refractivity contribution >= 4 is 22.8 Å². The lowest BCUT2D eigenvalue weighted by Crippen LogP contribution is -2.31. The molecule has 0 aromatic carbocycles. The molecular formula is C13H15N5O2. The molecule has 3 aromatic rings. The van der Waals surface area contributed by atoms with E-state index in [-0.39, 0.29) is 0 Å². The first-order valence-electron chi connectivity index (χ1n) is 6.22. The van der Waals surface area contributed by atoms with Crippen LogP contribution in [0, 0.1) is 0 Å². The number of amides is 1. The molecule has 3 rings (SSSR count). The van der Waals surface area contributed by atoms with Crippen molar-refractivity contribution in [3.05, 3.63) is 31.0 Å². The molecule has 7 heteroatoms. The molecule has 3 aromatic heterocycles. The Morgan fingerprint density at radius 1 is 1.35 bits per heavy atom. The number of carbonyl (C=O) groups is 1. The highest BCUT2D eigenvalue weighted by molar-refractivity contribution is 5.83. The van der Waals surface area contributed by atoms with Gasteiger partial charge in [-0.1, -0.05) is 0 Å². The van der Waals surface area contributed by atoms with Crippen LogP contribution in [0.2, 0.25) is 0 Å². The molecule has 0 saturated heterocycles. The summed E-state index contributed by atoms with van der Waals surface area (Å²) in [5, 5.41) is 0.905. The van der Waals surface area contributed by atoms with E-state index in [9.17, 15) is 4.79 Å². The van der Waals surface area contributed by atoms with Crippen molar-refractivity contribution in [3.63, 3.8) is 0 Å². The lowest BCUT2D eigenvalue weighted by atomic mass is 10.2. The maximum Gasteiger partial charge on any atom is 0.427 e. The first-order chi connectivity index (χ1) is 9.44. The SMILES string of the molecule is CC(C)(C)OC(=O)Nn1ccn2c3ncncc3cc12. The molecule has 0 aliphatic heterocycles. The Morgan fingerprint density at radius 2 is 2.15 bits per heavy atom. The number of imidazole rings is 1. The largest absolute Gasteiger partial charge is 0.443 e. The second kappa shape index (κ2) is 4.22. The van der Waals surface area contributed by atoms with Crippen molar-refractivity contribution in [1.82, 2.24) is 19.0 Å². The molecule has 0 bridgehead atoms. The van der Waals surface area contributed by atoms with Crippen LogP contribution in [0.4, 0.5) is 4.79 Å². The smallest absolute Gasteiger partial charge is 0.427 e. The highest BCUT2D eigenvalue weighted by atomic mass is 16.6. The van der Waals surface area contributed by atoms with Crippen LogP contribution in [0.1, 0.15) is 20.8 Å². The van der Waals surface area contributed by atoms with Crippen molar-refractivity contribution in [2.45, 2.75) is 26.4 Å². The van der Waals surface area contributed by atoms with Crippen LogP contribution < -0.4 is 5.43 Å². The fourth-order valence-electron chi connectivity index (χ4n) is 1.99. The topological polar surface area (TPSA) is 73.5 Å². The summed E-state index contributed by atoms with van der Waals surface area (Å²) in [5.41, 5.74) is 3.71. The Hall–Kier alpha value is -2.57. The van der Waals surface area contributed by atoms with Crippen LogP contribution in [0.15, 0.2) is 31.0 Å². The first kappa shape index (κ1) is 12.5. The predicted octanol–water partition coefficient (Wildman–Crippen LogP) is 2.16. The molecule has 0 spiro atoms. The summed E-state index contributed by atoms with van der Waals surface area (Å²) in [4.78, 5) is 20.0. The van der Waals surface area contributed by atoms with Gasteiger partial charge >= 0.3 is 6.09 Å². The van der Waals surface area contributed by atoms with Gasteiger partial charge in [0.1, 0.15) is 23.2 Å². The summed E-state index contributed by atoms with van der Waals surface area (Å²) in [6.07, 6.45) is 6.27. The second-order valence-electron chi connectivity index (χ2n) is 5.46. The minimum Gasteiger partial charge on any atom is -0.443 e. The summed E-state index contributed by atoms with van der Waals surface area (Å²) < 4.78 is 8.69. The van der Waals surface area contributed by atoms with E-state index in [1.165, 1.54) is 6.33 Å². The number of hydrogen-bond donors (Lipinski definition) is 1. The second-order valence-corrected chi connectivity index (χ2v) is 5.46. The number of ether oxygens (including phenoxy) is 1. The highest BCUT2D eigenvalue weighted by Gasteiger charge is 2.17. The summed E-state index contributed by atoms with van der Waals surface area (Å²) in [7, 11) is 0. The minimum absolute atomic E-state index is 0.507. The number of fused-ring (bicyclic) bond motifs is 3. The van der Waals surface area contributed by atoms with E-state index in [2.05, 4.69) is 15.4 Å². The van der Waals surface area contributed by atoms with Gasteiger partial charge in [-0.15, -0.1) is 0 Å². The number of rotatable bonds is 1. The summed E-state index contributed by atoms with van der Waals surface area (Å²) in [6, 6.07) is 1.90. The van der Waals surface area contributed by atoms with Crippen molar-refractivity contribution in [2.24, 2.45) is 0 Å². The Balaban J connectivity index is 1.94. The number of nitrogens with one attached hydrogen (secondary N) is 1. The molecule has 20 heavy (non-hydrogen) atoms. The van der Waals surface area contributed by atoms with Gasteiger partial charge in [0.05, 0.1) is 0 Å². The molecule has 1 N–H and O–H groups in total. The predicted molar refractivity (Wildman–Crippen MR) is 74.1 cm³/mol. The van der Waals surface area contributed by atoms with Crippen molar-refractivity contribution in [2.75, 3.05) is 5.43 Å². The number of hydrogen-bond acceptors (Lipinski definition) is 4. The zero-order valence-electron chi connectivity index (χ0n) is 11.5. The molecule has 104 valence electrons. The van der Waals surface area contributed by atoms with Gasteiger partial charge in [-0.3, -0.25) is 4.40 Å². The Bertz CT molecular complexity index is 781. The first-order valence-corrected chi connectivity index (χ1v) is 6.22. The summed E-state index contributed by atoms with van der Waals surface area (Å²) in [5.74, 6) is 0. The highest BCUT2D eigenvalue weighted by Crippen LogP contribution is 2.17. The van der Waals surface area contributed by atoms with Gasteiger partial charge in [0.15, 0.2) is 0 Å². The van der Waals surface area contributed by atoms with Gasteiger partial charge in [-0.25, -0.2) is 24.9 Å². The standard InChI is InChI=1S/C13H15N5O2/c1-13(2,3)20-12(19)16-18-5-4-17-10(18)6-9-7-14-8-15-11(9)17/h4-8H,1-3H3,(H,16,19). The third-order valence-electron chi connectivity index (χ3n) is 2.70. The van der Waals surface area contributed by atoms with Crippen LogP contribution in [-0.2, 0) is 4.74 Å². The lowest BCUT2D eigenvalue weighted by molar-refractivity contribution is 0.0614. The number of nitrogens with zero attached hydrogens (tertiary/aromatic N) is 4. The van der Waals surface area contributed by atoms with Crippen LogP contribution in [0.5, 0.6) is 0 Å².